The normalized spacial score (nSPS) is 22.3. The molecule has 19 heavy (non-hydrogen) atoms. The molecule has 1 aliphatic rings. The van der Waals surface area contributed by atoms with Gasteiger partial charge in [0.05, 0.1) is 5.41 Å². The molecular formula is C17H32O2. The Hall–Kier alpha value is -0.530. The van der Waals surface area contributed by atoms with Crippen LogP contribution >= 0.6 is 0 Å². The molecule has 1 atom stereocenters. The largest absolute Gasteiger partial charge is 0.458 e. The maximum Gasteiger partial charge on any atom is 0.312 e. The zero-order chi connectivity index (χ0) is 14.9. The summed E-state index contributed by atoms with van der Waals surface area (Å²) in [5.41, 5.74) is -0.689. The van der Waals surface area contributed by atoms with Crippen molar-refractivity contribution >= 4 is 5.97 Å². The summed E-state index contributed by atoms with van der Waals surface area (Å²) >= 11 is 0. The van der Waals surface area contributed by atoms with Crippen LogP contribution in [-0.4, -0.2) is 11.6 Å². The van der Waals surface area contributed by atoms with Gasteiger partial charge in [-0.05, 0) is 50.4 Å². The van der Waals surface area contributed by atoms with Crippen LogP contribution in [0.3, 0.4) is 0 Å². The number of esters is 1. The van der Waals surface area contributed by atoms with Crippen molar-refractivity contribution in [1.82, 2.24) is 0 Å². The Morgan fingerprint density at radius 2 is 1.63 bits per heavy atom. The molecule has 1 saturated carbocycles. The van der Waals surface area contributed by atoms with Crippen molar-refractivity contribution < 1.29 is 9.53 Å². The summed E-state index contributed by atoms with van der Waals surface area (Å²) in [7, 11) is 0. The Balaban J connectivity index is 2.94. The first kappa shape index (κ1) is 16.5. The number of carbonyl (C=O) groups is 1. The van der Waals surface area contributed by atoms with Gasteiger partial charge in [0.15, 0.2) is 0 Å². The highest BCUT2D eigenvalue weighted by atomic mass is 16.6. The molecule has 1 rings (SSSR count). The van der Waals surface area contributed by atoms with Gasteiger partial charge in [0.2, 0.25) is 0 Å². The van der Waals surface area contributed by atoms with E-state index in [1.807, 2.05) is 0 Å². The van der Waals surface area contributed by atoms with Gasteiger partial charge < -0.3 is 4.74 Å². The lowest BCUT2D eigenvalue weighted by Crippen LogP contribution is -2.47. The van der Waals surface area contributed by atoms with Crippen LogP contribution in [0.5, 0.6) is 0 Å². The first-order valence-electron chi connectivity index (χ1n) is 7.82. The molecule has 0 heterocycles. The van der Waals surface area contributed by atoms with Crippen LogP contribution in [0.4, 0.5) is 0 Å². The van der Waals surface area contributed by atoms with Crippen LogP contribution in [0.15, 0.2) is 0 Å². The number of hydrogen-bond donors (Lipinski definition) is 0. The fourth-order valence-electron chi connectivity index (χ4n) is 3.05. The van der Waals surface area contributed by atoms with Crippen molar-refractivity contribution in [2.24, 2.45) is 16.7 Å². The van der Waals surface area contributed by atoms with Gasteiger partial charge >= 0.3 is 5.97 Å². The molecular weight excluding hydrogens is 236 g/mol. The molecule has 112 valence electrons. The minimum absolute atomic E-state index is 0.00176. The zero-order valence-corrected chi connectivity index (χ0v) is 13.9. The average molecular weight is 268 g/mol. The van der Waals surface area contributed by atoms with E-state index in [2.05, 4.69) is 48.5 Å². The van der Waals surface area contributed by atoms with E-state index in [9.17, 15) is 4.79 Å². The Kier molecular flexibility index (Phi) is 4.75. The molecule has 0 aromatic carbocycles. The topological polar surface area (TPSA) is 26.3 Å². The van der Waals surface area contributed by atoms with E-state index in [4.69, 9.17) is 4.74 Å². The van der Waals surface area contributed by atoms with Crippen molar-refractivity contribution in [1.29, 1.82) is 0 Å². The van der Waals surface area contributed by atoms with Crippen molar-refractivity contribution in [3.63, 3.8) is 0 Å². The standard InChI is InChI=1S/C17H32O2/c1-8-16(7,15(4,5)6)14(18)19-17(13(2)3)11-9-10-12-17/h13H,8-12H2,1-7H3. The van der Waals surface area contributed by atoms with Crippen LogP contribution in [0.25, 0.3) is 0 Å². The van der Waals surface area contributed by atoms with E-state index in [-0.39, 0.29) is 17.0 Å². The van der Waals surface area contributed by atoms with Gasteiger partial charge in [0.1, 0.15) is 5.60 Å². The second-order valence-corrected chi connectivity index (χ2v) is 7.75. The molecule has 2 nitrogen and oxygen atoms in total. The second-order valence-electron chi connectivity index (χ2n) is 7.75. The molecule has 1 aliphatic carbocycles. The number of ether oxygens (including phenoxy) is 1. The van der Waals surface area contributed by atoms with E-state index >= 15 is 0 Å². The lowest BCUT2D eigenvalue weighted by atomic mass is 9.66. The molecule has 0 amide bonds. The smallest absolute Gasteiger partial charge is 0.312 e. The van der Waals surface area contributed by atoms with Gasteiger partial charge in [0.25, 0.3) is 0 Å². The quantitative estimate of drug-likeness (QED) is 0.673. The predicted octanol–water partition coefficient (Wildman–Crippen LogP) is 4.96. The third-order valence-corrected chi connectivity index (χ3v) is 5.61. The highest BCUT2D eigenvalue weighted by Crippen LogP contribution is 2.46. The van der Waals surface area contributed by atoms with E-state index in [0.29, 0.717) is 5.92 Å². The maximum atomic E-state index is 12.8. The first-order chi connectivity index (χ1) is 8.59. The Labute approximate surface area is 119 Å². The summed E-state index contributed by atoms with van der Waals surface area (Å²) in [5.74, 6) is 0.401. The van der Waals surface area contributed by atoms with E-state index in [1.165, 1.54) is 12.8 Å². The van der Waals surface area contributed by atoms with Gasteiger partial charge in [-0.1, -0.05) is 41.5 Å². The summed E-state index contributed by atoms with van der Waals surface area (Å²) < 4.78 is 6.10. The molecule has 0 radical (unpaired) electrons. The molecule has 0 aliphatic heterocycles. The SMILES string of the molecule is CCC(C)(C(=O)OC1(C(C)C)CCCC1)C(C)(C)C. The van der Waals surface area contributed by atoms with Crippen molar-refractivity contribution in [3.05, 3.63) is 0 Å². The monoisotopic (exact) mass is 268 g/mol. The Morgan fingerprint density at radius 1 is 1.16 bits per heavy atom. The molecule has 0 spiro atoms. The molecule has 0 aromatic heterocycles. The lowest BCUT2D eigenvalue weighted by molar-refractivity contribution is -0.183. The molecule has 0 N–H and O–H groups in total. The van der Waals surface area contributed by atoms with Crippen LogP contribution in [0.1, 0.15) is 80.6 Å². The van der Waals surface area contributed by atoms with Gasteiger partial charge in [-0.3, -0.25) is 4.79 Å². The van der Waals surface area contributed by atoms with Gasteiger partial charge in [-0.25, -0.2) is 0 Å². The number of carbonyl (C=O) groups excluding carboxylic acids is 1. The summed E-state index contributed by atoms with van der Waals surface area (Å²) in [6, 6.07) is 0. The Morgan fingerprint density at radius 3 is 1.95 bits per heavy atom. The predicted molar refractivity (Wildman–Crippen MR) is 80.0 cm³/mol. The number of rotatable bonds is 4. The fraction of sp³-hybridized carbons (Fsp3) is 0.941. The van der Waals surface area contributed by atoms with Crippen LogP contribution in [0.2, 0.25) is 0 Å². The highest BCUT2D eigenvalue weighted by Gasteiger charge is 2.49. The van der Waals surface area contributed by atoms with Crippen molar-refractivity contribution in [3.8, 4) is 0 Å². The Bertz CT molecular complexity index is 319. The molecule has 0 saturated heterocycles. The minimum atomic E-state index is -0.405. The van der Waals surface area contributed by atoms with Gasteiger partial charge in [-0.2, -0.15) is 0 Å². The van der Waals surface area contributed by atoms with Crippen molar-refractivity contribution in [2.75, 3.05) is 0 Å². The minimum Gasteiger partial charge on any atom is -0.458 e. The van der Waals surface area contributed by atoms with E-state index in [1.54, 1.807) is 0 Å². The molecule has 0 aromatic rings. The fourth-order valence-corrected chi connectivity index (χ4v) is 3.05. The number of hydrogen-bond acceptors (Lipinski definition) is 2. The molecule has 0 bridgehead atoms. The third kappa shape index (κ3) is 2.98. The molecule has 2 heteroatoms. The molecule has 1 fully saturated rings. The van der Waals surface area contributed by atoms with Crippen LogP contribution in [0, 0.1) is 16.7 Å². The first-order valence-corrected chi connectivity index (χ1v) is 7.82. The summed E-state index contributed by atoms with van der Waals surface area (Å²) in [6.07, 6.45) is 5.25. The van der Waals surface area contributed by atoms with Gasteiger partial charge in [-0.15, -0.1) is 0 Å². The summed E-state index contributed by atoms with van der Waals surface area (Å²) in [4.78, 5) is 12.8. The third-order valence-electron chi connectivity index (χ3n) is 5.61. The lowest BCUT2D eigenvalue weighted by Gasteiger charge is -2.43. The summed E-state index contributed by atoms with van der Waals surface area (Å²) in [5, 5.41) is 0. The molecule has 1 unspecified atom stereocenters. The van der Waals surface area contributed by atoms with Gasteiger partial charge in [0, 0.05) is 0 Å². The van der Waals surface area contributed by atoms with E-state index < -0.39 is 5.41 Å². The zero-order valence-electron chi connectivity index (χ0n) is 13.9. The van der Waals surface area contributed by atoms with E-state index in [0.717, 1.165) is 19.3 Å². The average Bonchev–Trinajstić information content (AvgIpc) is 2.76. The van der Waals surface area contributed by atoms with Crippen LogP contribution in [-0.2, 0) is 9.53 Å². The second kappa shape index (κ2) is 5.46. The highest BCUT2D eigenvalue weighted by molar-refractivity contribution is 5.77. The maximum absolute atomic E-state index is 12.8. The van der Waals surface area contributed by atoms with Crippen LogP contribution < -0.4 is 0 Å². The van der Waals surface area contributed by atoms with Crippen molar-refractivity contribution in [2.45, 2.75) is 86.2 Å². The summed E-state index contributed by atoms with van der Waals surface area (Å²) in [6.45, 7) is 14.9.